The molecule has 2 fully saturated rings. The van der Waals surface area contributed by atoms with Crippen LogP contribution in [0.4, 0.5) is 0 Å². The van der Waals surface area contributed by atoms with Crippen LogP contribution in [0.5, 0.6) is 0 Å². The molecule has 1 heterocycles. The van der Waals surface area contributed by atoms with Crippen molar-refractivity contribution in [1.29, 1.82) is 0 Å². The first-order chi connectivity index (χ1) is 19.3. The van der Waals surface area contributed by atoms with Crippen LogP contribution in [0.1, 0.15) is 55.7 Å². The van der Waals surface area contributed by atoms with Gasteiger partial charge in [0, 0.05) is 0 Å². The van der Waals surface area contributed by atoms with Gasteiger partial charge in [0.2, 0.25) is 0 Å². The van der Waals surface area contributed by atoms with E-state index >= 15 is 0 Å². The van der Waals surface area contributed by atoms with Crippen molar-refractivity contribution in [2.75, 3.05) is 6.61 Å². The van der Waals surface area contributed by atoms with Gasteiger partial charge in [-0.25, -0.2) is 0 Å². The van der Waals surface area contributed by atoms with E-state index in [0.717, 1.165) is 16.7 Å². The summed E-state index contributed by atoms with van der Waals surface area (Å²) in [6.07, 6.45) is 4.46. The van der Waals surface area contributed by atoms with Crippen molar-refractivity contribution in [3.8, 4) is 0 Å². The Morgan fingerprint density at radius 1 is 0.564 bits per heavy atom. The summed E-state index contributed by atoms with van der Waals surface area (Å²) in [5.74, 6) is 0.572. The van der Waals surface area contributed by atoms with E-state index in [-0.39, 0.29) is 18.3 Å². The fourth-order valence-corrected chi connectivity index (χ4v) is 5.59. The molecule has 0 N–H and O–H groups in total. The monoisotopic (exact) mass is 530 g/mol. The molecule has 39 heavy (non-hydrogen) atoms. The molecule has 5 heteroatoms. The topological polar surface area (TPSA) is 46.2 Å². The Bertz CT molecular complexity index is 1070. The van der Waals surface area contributed by atoms with Crippen LogP contribution in [0.25, 0.3) is 0 Å². The number of ether oxygens (including phenoxy) is 5. The minimum absolute atomic E-state index is 0.220. The van der Waals surface area contributed by atoms with Crippen LogP contribution < -0.4 is 0 Å². The number of rotatable bonds is 12. The summed E-state index contributed by atoms with van der Waals surface area (Å²) in [5.41, 5.74) is 3.33. The standard InChI is InChI=1S/C34H42O5/c1-26-31(35-22-27-14-6-2-7-15-27)32(36-23-28-16-8-3-9-17-28)33(37-24-29-18-10-4-11-19-29)34(39-26)38-25-30-20-12-5-13-21-30/h2-4,6-11,14-19,26,30-34H,5,12-13,20-25H2,1H3/t26-,31-,32+,33+,34?/m0/s1. The molecule has 2 aliphatic rings. The predicted octanol–water partition coefficient (Wildman–Crippen LogP) is 7.08. The Kier molecular flexibility index (Phi) is 10.6. The zero-order valence-electron chi connectivity index (χ0n) is 23.0. The minimum atomic E-state index is -0.525. The summed E-state index contributed by atoms with van der Waals surface area (Å²) in [7, 11) is 0. The maximum Gasteiger partial charge on any atom is 0.186 e. The van der Waals surface area contributed by atoms with E-state index < -0.39 is 12.4 Å². The molecule has 0 aromatic heterocycles. The van der Waals surface area contributed by atoms with Gasteiger partial charge in [0.1, 0.15) is 18.3 Å². The number of hydrogen-bond acceptors (Lipinski definition) is 5. The lowest BCUT2D eigenvalue weighted by atomic mass is 9.90. The van der Waals surface area contributed by atoms with Crippen LogP contribution in [0.15, 0.2) is 91.0 Å². The Hall–Kier alpha value is -2.54. The molecule has 0 amide bonds. The summed E-state index contributed by atoms with van der Waals surface area (Å²) in [5, 5.41) is 0. The molecule has 3 aromatic rings. The molecule has 5 rings (SSSR count). The summed E-state index contributed by atoms with van der Waals surface area (Å²) < 4.78 is 32.8. The molecule has 3 aromatic carbocycles. The molecule has 1 saturated carbocycles. The third-order valence-corrected chi connectivity index (χ3v) is 7.80. The van der Waals surface area contributed by atoms with Crippen molar-refractivity contribution in [2.45, 2.75) is 89.6 Å². The lowest BCUT2D eigenvalue weighted by Gasteiger charge is -2.45. The molecule has 0 radical (unpaired) electrons. The highest BCUT2D eigenvalue weighted by molar-refractivity contribution is 5.15. The van der Waals surface area contributed by atoms with Gasteiger partial charge in [-0.15, -0.1) is 0 Å². The third kappa shape index (κ3) is 8.23. The Morgan fingerprint density at radius 2 is 1.03 bits per heavy atom. The number of hydrogen-bond donors (Lipinski definition) is 0. The summed E-state index contributed by atoms with van der Waals surface area (Å²) in [6, 6.07) is 30.7. The fourth-order valence-electron chi connectivity index (χ4n) is 5.59. The fraction of sp³-hybridized carbons (Fsp3) is 0.471. The van der Waals surface area contributed by atoms with Gasteiger partial charge in [-0.2, -0.15) is 0 Å². The van der Waals surface area contributed by atoms with Crippen LogP contribution in [0.3, 0.4) is 0 Å². The van der Waals surface area contributed by atoms with E-state index in [2.05, 4.69) is 43.3 Å². The van der Waals surface area contributed by atoms with Crippen molar-refractivity contribution in [3.63, 3.8) is 0 Å². The number of benzene rings is 3. The Balaban J connectivity index is 1.36. The van der Waals surface area contributed by atoms with Gasteiger partial charge in [0.25, 0.3) is 0 Å². The normalized spacial score (nSPS) is 25.9. The second-order valence-electron chi connectivity index (χ2n) is 10.8. The van der Waals surface area contributed by atoms with Crippen molar-refractivity contribution < 1.29 is 23.7 Å². The molecule has 1 aliphatic carbocycles. The van der Waals surface area contributed by atoms with Crippen molar-refractivity contribution in [2.24, 2.45) is 5.92 Å². The van der Waals surface area contributed by atoms with Crippen LogP contribution >= 0.6 is 0 Å². The highest BCUT2D eigenvalue weighted by Crippen LogP contribution is 2.32. The van der Waals surface area contributed by atoms with Crippen molar-refractivity contribution >= 4 is 0 Å². The zero-order chi connectivity index (χ0) is 26.7. The van der Waals surface area contributed by atoms with Crippen molar-refractivity contribution in [3.05, 3.63) is 108 Å². The lowest BCUT2D eigenvalue weighted by Crippen LogP contribution is -2.60. The third-order valence-electron chi connectivity index (χ3n) is 7.80. The molecule has 1 saturated heterocycles. The molecular weight excluding hydrogens is 488 g/mol. The summed E-state index contributed by atoms with van der Waals surface area (Å²) in [6.45, 7) is 4.12. The molecule has 0 spiro atoms. The van der Waals surface area contributed by atoms with Crippen molar-refractivity contribution in [1.82, 2.24) is 0 Å². The highest BCUT2D eigenvalue weighted by Gasteiger charge is 2.47. The van der Waals surface area contributed by atoms with E-state index in [4.69, 9.17) is 23.7 Å². The summed E-state index contributed by atoms with van der Waals surface area (Å²) >= 11 is 0. The van der Waals surface area contributed by atoms with Gasteiger partial charge in [-0.05, 0) is 42.4 Å². The minimum Gasteiger partial charge on any atom is -0.368 e. The van der Waals surface area contributed by atoms with E-state index in [9.17, 15) is 0 Å². The zero-order valence-corrected chi connectivity index (χ0v) is 23.0. The van der Waals surface area contributed by atoms with Gasteiger partial charge in [0.05, 0.1) is 32.5 Å². The van der Waals surface area contributed by atoms with Gasteiger partial charge in [0.15, 0.2) is 6.29 Å². The van der Waals surface area contributed by atoms with Gasteiger partial charge >= 0.3 is 0 Å². The van der Waals surface area contributed by atoms with Crippen LogP contribution in [-0.2, 0) is 43.5 Å². The van der Waals surface area contributed by atoms with E-state index in [1.54, 1.807) is 0 Å². The smallest absolute Gasteiger partial charge is 0.186 e. The average molecular weight is 531 g/mol. The summed E-state index contributed by atoms with van der Waals surface area (Å²) in [4.78, 5) is 0. The van der Waals surface area contributed by atoms with Gasteiger partial charge < -0.3 is 23.7 Å². The Morgan fingerprint density at radius 3 is 1.54 bits per heavy atom. The quantitative estimate of drug-likeness (QED) is 0.250. The molecule has 5 atom stereocenters. The van der Waals surface area contributed by atoms with E-state index in [1.807, 2.05) is 54.6 Å². The first-order valence-corrected chi connectivity index (χ1v) is 14.5. The molecular formula is C34H42O5. The van der Waals surface area contributed by atoms with Crippen LogP contribution in [-0.4, -0.2) is 37.3 Å². The molecule has 5 nitrogen and oxygen atoms in total. The average Bonchev–Trinajstić information content (AvgIpc) is 3.00. The van der Waals surface area contributed by atoms with E-state index in [1.165, 1.54) is 32.1 Å². The first kappa shape index (κ1) is 28.0. The maximum atomic E-state index is 6.65. The van der Waals surface area contributed by atoms with Gasteiger partial charge in [-0.3, -0.25) is 0 Å². The van der Waals surface area contributed by atoms with E-state index in [0.29, 0.717) is 32.3 Å². The SMILES string of the molecule is C[C@@H]1OC(OCC2CCCCC2)[C@H](OCc2ccccc2)[C@H](OCc2ccccc2)[C@H]1OCc1ccccc1. The maximum absolute atomic E-state index is 6.65. The molecule has 1 aliphatic heterocycles. The second kappa shape index (κ2) is 14.7. The Labute approximate surface area is 233 Å². The van der Waals surface area contributed by atoms with Gasteiger partial charge in [-0.1, -0.05) is 110 Å². The largest absolute Gasteiger partial charge is 0.368 e. The molecule has 208 valence electrons. The molecule has 0 bridgehead atoms. The highest BCUT2D eigenvalue weighted by atomic mass is 16.7. The predicted molar refractivity (Wildman–Crippen MR) is 152 cm³/mol. The van der Waals surface area contributed by atoms with Crippen LogP contribution in [0, 0.1) is 5.92 Å². The molecule has 1 unspecified atom stereocenters. The first-order valence-electron chi connectivity index (χ1n) is 14.5. The lowest BCUT2D eigenvalue weighted by molar-refractivity contribution is -0.322. The van der Waals surface area contributed by atoms with Crippen LogP contribution in [0.2, 0.25) is 0 Å². The second-order valence-corrected chi connectivity index (χ2v) is 10.8.